The minimum absolute atomic E-state index is 0.100. The Morgan fingerprint density at radius 1 is 0.897 bits per heavy atom. The van der Waals surface area contributed by atoms with Gasteiger partial charge >= 0.3 is 0 Å². The maximum Gasteiger partial charge on any atom is 0.236 e. The number of likely N-dealkylation sites (tertiary alicyclic amines) is 1. The molecule has 0 aliphatic carbocycles. The Balaban J connectivity index is 1.30. The summed E-state index contributed by atoms with van der Waals surface area (Å²) in [6, 6.07) is 10.6. The largest absolute Gasteiger partial charge is 0.353 e. The van der Waals surface area contributed by atoms with Crippen LogP contribution in [0, 0.1) is 0 Å². The van der Waals surface area contributed by atoms with Gasteiger partial charge < -0.3 is 10.2 Å². The van der Waals surface area contributed by atoms with E-state index in [0.717, 1.165) is 65.0 Å². The van der Waals surface area contributed by atoms with Crippen LogP contribution in [0.5, 0.6) is 0 Å². The minimum atomic E-state index is 0.100. The Labute approximate surface area is 175 Å². The van der Waals surface area contributed by atoms with Crippen LogP contribution in [0.2, 0.25) is 0 Å². The van der Waals surface area contributed by atoms with Crippen molar-refractivity contribution < 1.29 is 9.59 Å². The monoisotopic (exact) mass is 400 g/mol. The van der Waals surface area contributed by atoms with Crippen LogP contribution in [0.1, 0.15) is 38.2 Å². The van der Waals surface area contributed by atoms with Gasteiger partial charge in [-0.3, -0.25) is 19.4 Å². The van der Waals surface area contributed by atoms with Crippen molar-refractivity contribution in [3.8, 4) is 0 Å². The van der Waals surface area contributed by atoms with Crippen LogP contribution >= 0.6 is 0 Å². The fourth-order valence-corrected chi connectivity index (χ4v) is 4.16. The lowest BCUT2D eigenvalue weighted by Crippen LogP contribution is -2.52. The van der Waals surface area contributed by atoms with Crippen LogP contribution in [-0.2, 0) is 16.0 Å². The lowest BCUT2D eigenvalue weighted by molar-refractivity contribution is -0.134. The quantitative estimate of drug-likeness (QED) is 0.722. The molecule has 2 fully saturated rings. The van der Waals surface area contributed by atoms with E-state index in [1.807, 2.05) is 11.0 Å². The highest BCUT2D eigenvalue weighted by Gasteiger charge is 2.23. The molecule has 2 heterocycles. The molecule has 1 N–H and O–H groups in total. The SMILES string of the molecule is C[C@H](CCc1ccccc1)NC(=O)CN1CCN(CC(=O)N2CCCCC2)CC1. The second-order valence-electron chi connectivity index (χ2n) is 8.49. The Bertz CT molecular complexity index is 638. The molecule has 2 amide bonds. The number of nitrogens with zero attached hydrogens (tertiary/aromatic N) is 3. The third-order valence-corrected chi connectivity index (χ3v) is 6.02. The van der Waals surface area contributed by atoms with E-state index < -0.39 is 0 Å². The van der Waals surface area contributed by atoms with Crippen molar-refractivity contribution in [2.24, 2.45) is 0 Å². The highest BCUT2D eigenvalue weighted by Crippen LogP contribution is 2.10. The molecule has 2 saturated heterocycles. The summed E-state index contributed by atoms with van der Waals surface area (Å²) in [6.07, 6.45) is 5.44. The average Bonchev–Trinajstić information content (AvgIpc) is 2.75. The molecule has 6 heteroatoms. The van der Waals surface area contributed by atoms with Gasteiger partial charge in [0.05, 0.1) is 13.1 Å². The predicted octanol–water partition coefficient (Wildman–Crippen LogP) is 1.75. The molecule has 0 radical (unpaired) electrons. The molecule has 0 aromatic heterocycles. The van der Waals surface area contributed by atoms with Crippen LogP contribution < -0.4 is 5.32 Å². The summed E-state index contributed by atoms with van der Waals surface area (Å²) in [6.45, 7) is 8.29. The second-order valence-corrected chi connectivity index (χ2v) is 8.49. The molecule has 1 aromatic carbocycles. The van der Waals surface area contributed by atoms with E-state index in [4.69, 9.17) is 0 Å². The number of amides is 2. The number of hydrogen-bond acceptors (Lipinski definition) is 4. The average molecular weight is 401 g/mol. The number of nitrogens with one attached hydrogen (secondary N) is 1. The summed E-state index contributed by atoms with van der Waals surface area (Å²) in [4.78, 5) is 31.2. The Kier molecular flexibility index (Phi) is 8.50. The van der Waals surface area contributed by atoms with Crippen molar-refractivity contribution in [3.05, 3.63) is 35.9 Å². The second kappa shape index (κ2) is 11.3. The topological polar surface area (TPSA) is 55.9 Å². The summed E-state index contributed by atoms with van der Waals surface area (Å²) in [5, 5.41) is 3.13. The summed E-state index contributed by atoms with van der Waals surface area (Å²) in [5.74, 6) is 0.367. The maximum atomic E-state index is 12.4. The van der Waals surface area contributed by atoms with E-state index in [0.29, 0.717) is 13.1 Å². The van der Waals surface area contributed by atoms with Crippen LogP contribution in [0.4, 0.5) is 0 Å². The smallest absolute Gasteiger partial charge is 0.236 e. The molecule has 3 rings (SSSR count). The van der Waals surface area contributed by atoms with E-state index in [1.165, 1.54) is 12.0 Å². The zero-order chi connectivity index (χ0) is 20.5. The van der Waals surface area contributed by atoms with Crippen molar-refractivity contribution in [3.63, 3.8) is 0 Å². The zero-order valence-corrected chi connectivity index (χ0v) is 17.8. The van der Waals surface area contributed by atoms with Gasteiger partial charge in [0.25, 0.3) is 0 Å². The molecule has 29 heavy (non-hydrogen) atoms. The van der Waals surface area contributed by atoms with Gasteiger partial charge in [0, 0.05) is 45.3 Å². The van der Waals surface area contributed by atoms with Gasteiger partial charge in [0.15, 0.2) is 0 Å². The third-order valence-electron chi connectivity index (χ3n) is 6.02. The minimum Gasteiger partial charge on any atom is -0.353 e. The molecule has 6 nitrogen and oxygen atoms in total. The Morgan fingerprint density at radius 2 is 1.52 bits per heavy atom. The van der Waals surface area contributed by atoms with Gasteiger partial charge in [-0.2, -0.15) is 0 Å². The van der Waals surface area contributed by atoms with Crippen molar-refractivity contribution >= 4 is 11.8 Å². The number of carbonyl (C=O) groups excluding carboxylic acids is 2. The molecule has 0 unspecified atom stereocenters. The normalized spacial score (nSPS) is 19.7. The summed E-state index contributed by atoms with van der Waals surface area (Å²) in [7, 11) is 0. The number of piperidine rings is 1. The lowest BCUT2D eigenvalue weighted by Gasteiger charge is -2.35. The molecule has 2 aliphatic rings. The third kappa shape index (κ3) is 7.44. The van der Waals surface area contributed by atoms with E-state index in [2.05, 4.69) is 46.3 Å². The van der Waals surface area contributed by atoms with Crippen molar-refractivity contribution in [2.45, 2.75) is 45.1 Å². The van der Waals surface area contributed by atoms with E-state index in [1.54, 1.807) is 0 Å². The molecule has 0 saturated carbocycles. The lowest BCUT2D eigenvalue weighted by atomic mass is 10.1. The summed E-state index contributed by atoms with van der Waals surface area (Å²) >= 11 is 0. The number of benzene rings is 1. The molecule has 2 aliphatic heterocycles. The van der Waals surface area contributed by atoms with Crippen molar-refractivity contribution in [2.75, 3.05) is 52.4 Å². The molecule has 0 spiro atoms. The van der Waals surface area contributed by atoms with Crippen molar-refractivity contribution in [1.29, 1.82) is 0 Å². The van der Waals surface area contributed by atoms with Gasteiger partial charge in [-0.05, 0) is 44.6 Å². The first kappa shape index (κ1) is 21.8. The number of aryl methyl sites for hydroxylation is 1. The van der Waals surface area contributed by atoms with E-state index in [-0.39, 0.29) is 17.9 Å². The first-order chi connectivity index (χ1) is 14.1. The van der Waals surface area contributed by atoms with Gasteiger partial charge in [0.1, 0.15) is 0 Å². The Hall–Kier alpha value is -1.92. The number of rotatable bonds is 8. The maximum absolute atomic E-state index is 12.4. The van der Waals surface area contributed by atoms with Gasteiger partial charge in [-0.1, -0.05) is 30.3 Å². The van der Waals surface area contributed by atoms with Crippen LogP contribution in [0.3, 0.4) is 0 Å². The highest BCUT2D eigenvalue weighted by atomic mass is 16.2. The number of hydrogen-bond donors (Lipinski definition) is 1. The fraction of sp³-hybridized carbons (Fsp3) is 0.652. The number of carbonyl (C=O) groups is 2. The highest BCUT2D eigenvalue weighted by molar-refractivity contribution is 5.79. The molecular weight excluding hydrogens is 364 g/mol. The first-order valence-corrected chi connectivity index (χ1v) is 11.2. The molecule has 160 valence electrons. The summed E-state index contributed by atoms with van der Waals surface area (Å²) < 4.78 is 0. The van der Waals surface area contributed by atoms with Gasteiger partial charge in [-0.15, -0.1) is 0 Å². The van der Waals surface area contributed by atoms with Gasteiger partial charge in [0.2, 0.25) is 11.8 Å². The summed E-state index contributed by atoms with van der Waals surface area (Å²) in [5.41, 5.74) is 1.31. The first-order valence-electron chi connectivity index (χ1n) is 11.2. The van der Waals surface area contributed by atoms with Crippen LogP contribution in [0.25, 0.3) is 0 Å². The van der Waals surface area contributed by atoms with Crippen LogP contribution in [0.15, 0.2) is 30.3 Å². The molecule has 0 bridgehead atoms. The molecule has 1 atom stereocenters. The molecule has 1 aromatic rings. The van der Waals surface area contributed by atoms with E-state index >= 15 is 0 Å². The molecular formula is C23H36N4O2. The Morgan fingerprint density at radius 3 is 2.17 bits per heavy atom. The fourth-order valence-electron chi connectivity index (χ4n) is 4.16. The van der Waals surface area contributed by atoms with Crippen LogP contribution in [-0.4, -0.2) is 84.9 Å². The zero-order valence-electron chi connectivity index (χ0n) is 17.8. The van der Waals surface area contributed by atoms with Crippen molar-refractivity contribution in [1.82, 2.24) is 20.0 Å². The predicted molar refractivity (Wildman–Crippen MR) is 116 cm³/mol. The van der Waals surface area contributed by atoms with E-state index in [9.17, 15) is 9.59 Å². The standard InChI is InChI=1S/C23H36N4O2/c1-20(10-11-21-8-4-2-5-9-21)24-22(28)18-25-14-16-26(17-15-25)19-23(29)27-12-6-3-7-13-27/h2,4-5,8-9,20H,3,6-7,10-19H2,1H3,(H,24,28)/t20-/m1/s1. The number of piperazine rings is 1. The van der Waals surface area contributed by atoms with Gasteiger partial charge in [-0.25, -0.2) is 0 Å².